The van der Waals surface area contributed by atoms with E-state index in [-0.39, 0.29) is 11.8 Å². The number of hydrogen-bond donors (Lipinski definition) is 1. The molecule has 0 spiro atoms. The molecule has 1 aliphatic heterocycles. The molecule has 0 radical (unpaired) electrons. The highest BCUT2D eigenvalue weighted by Gasteiger charge is 2.31. The van der Waals surface area contributed by atoms with Crippen molar-refractivity contribution in [3.8, 4) is 0 Å². The topological polar surface area (TPSA) is 75.2 Å². The molecule has 1 aliphatic rings. The maximum atomic E-state index is 12.6. The van der Waals surface area contributed by atoms with Gasteiger partial charge in [-0.3, -0.25) is 14.5 Å². The van der Waals surface area contributed by atoms with Crippen molar-refractivity contribution in [3.05, 3.63) is 45.8 Å². The zero-order valence-electron chi connectivity index (χ0n) is 17.7. The monoisotopic (exact) mass is 474 g/mol. The number of thiocarbonyl (C=S) groups is 1. The molecule has 0 atom stereocenters. The number of thioether (sulfide) groups is 1. The lowest BCUT2D eigenvalue weighted by molar-refractivity contribution is -0.122. The molecular formula is C22H26N4O2S3. The highest BCUT2D eigenvalue weighted by atomic mass is 32.2. The quantitative estimate of drug-likeness (QED) is 0.292. The van der Waals surface area contributed by atoms with E-state index >= 15 is 0 Å². The maximum absolute atomic E-state index is 12.6. The first-order valence-electron chi connectivity index (χ1n) is 10.3. The molecule has 2 aromatic rings. The second-order valence-corrected chi connectivity index (χ2v) is 10.4. The fourth-order valence-corrected chi connectivity index (χ4v) is 5.32. The Morgan fingerprint density at radius 1 is 1.19 bits per heavy atom. The minimum atomic E-state index is -0.0522. The highest BCUT2D eigenvalue weighted by molar-refractivity contribution is 8.26. The molecule has 1 aromatic heterocycles. The van der Waals surface area contributed by atoms with E-state index in [2.05, 4.69) is 29.4 Å². The van der Waals surface area contributed by atoms with Crippen molar-refractivity contribution in [2.75, 3.05) is 11.9 Å². The maximum Gasteiger partial charge on any atom is 0.266 e. The van der Waals surface area contributed by atoms with Crippen LogP contribution in [0.15, 0.2) is 35.2 Å². The predicted octanol–water partition coefficient (Wildman–Crippen LogP) is 5.14. The van der Waals surface area contributed by atoms with Gasteiger partial charge in [-0.1, -0.05) is 85.9 Å². The predicted molar refractivity (Wildman–Crippen MR) is 132 cm³/mol. The Kier molecular flexibility index (Phi) is 8.74. The Bertz CT molecular complexity index is 957. The third kappa shape index (κ3) is 7.22. The van der Waals surface area contributed by atoms with Crippen LogP contribution in [0.2, 0.25) is 0 Å². The summed E-state index contributed by atoms with van der Waals surface area (Å²) in [5.74, 6) is 0.420. The standard InChI is InChI=1S/C22H26N4O2S3/c1-15(2)13-19-24-25-21(31-19)23-18(27)11-7-4-8-12-26-20(28)17(30-22(26)29)14-16-9-5-3-6-10-16/h3,5-6,9-10,14-15H,4,7-8,11-13H2,1-2H3,(H,23,25,27)/b17-14-. The summed E-state index contributed by atoms with van der Waals surface area (Å²) < 4.78 is 0.596. The van der Waals surface area contributed by atoms with Crippen molar-refractivity contribution in [2.45, 2.75) is 46.0 Å². The van der Waals surface area contributed by atoms with Gasteiger partial charge in [0, 0.05) is 19.4 Å². The number of aromatic nitrogens is 2. The van der Waals surface area contributed by atoms with E-state index in [1.807, 2.05) is 36.4 Å². The summed E-state index contributed by atoms with van der Waals surface area (Å²) >= 11 is 8.16. The Morgan fingerprint density at radius 2 is 1.97 bits per heavy atom. The molecule has 6 nitrogen and oxygen atoms in total. The van der Waals surface area contributed by atoms with Gasteiger partial charge in [0.1, 0.15) is 9.33 Å². The number of rotatable bonds is 10. The molecule has 3 rings (SSSR count). The van der Waals surface area contributed by atoms with Gasteiger partial charge in [0.05, 0.1) is 4.91 Å². The van der Waals surface area contributed by atoms with Gasteiger partial charge in [-0.15, -0.1) is 10.2 Å². The van der Waals surface area contributed by atoms with Crippen LogP contribution in [-0.4, -0.2) is 37.8 Å². The van der Waals surface area contributed by atoms with E-state index in [1.54, 1.807) is 4.90 Å². The van der Waals surface area contributed by atoms with Crippen LogP contribution in [0.25, 0.3) is 6.08 Å². The van der Waals surface area contributed by atoms with Crippen LogP contribution in [0.5, 0.6) is 0 Å². The molecule has 0 aliphatic carbocycles. The minimum absolute atomic E-state index is 0.0370. The van der Waals surface area contributed by atoms with E-state index in [1.165, 1.54) is 23.1 Å². The van der Waals surface area contributed by atoms with Crippen molar-refractivity contribution < 1.29 is 9.59 Å². The number of benzene rings is 1. The van der Waals surface area contributed by atoms with Crippen molar-refractivity contribution in [1.82, 2.24) is 15.1 Å². The molecule has 2 heterocycles. The number of carbonyl (C=O) groups excluding carboxylic acids is 2. The molecule has 9 heteroatoms. The van der Waals surface area contributed by atoms with Crippen molar-refractivity contribution in [1.29, 1.82) is 0 Å². The van der Waals surface area contributed by atoms with E-state index in [0.717, 1.165) is 36.3 Å². The summed E-state index contributed by atoms with van der Waals surface area (Å²) in [4.78, 5) is 27.1. The number of unbranched alkanes of at least 4 members (excludes halogenated alkanes) is 2. The molecule has 1 fully saturated rings. The normalized spacial score (nSPS) is 15.3. The van der Waals surface area contributed by atoms with Crippen LogP contribution in [0.4, 0.5) is 5.13 Å². The highest BCUT2D eigenvalue weighted by Crippen LogP contribution is 2.32. The van der Waals surface area contributed by atoms with Crippen LogP contribution >= 0.6 is 35.3 Å². The molecule has 0 unspecified atom stereocenters. The molecule has 31 heavy (non-hydrogen) atoms. The summed E-state index contributed by atoms with van der Waals surface area (Å²) in [5.41, 5.74) is 0.987. The van der Waals surface area contributed by atoms with Crippen molar-refractivity contribution in [2.24, 2.45) is 5.92 Å². The fourth-order valence-electron chi connectivity index (χ4n) is 3.04. The zero-order valence-corrected chi connectivity index (χ0v) is 20.1. The summed E-state index contributed by atoms with van der Waals surface area (Å²) in [7, 11) is 0. The zero-order chi connectivity index (χ0) is 22.2. The summed E-state index contributed by atoms with van der Waals surface area (Å²) in [5, 5.41) is 12.5. The van der Waals surface area contributed by atoms with E-state index in [4.69, 9.17) is 12.2 Å². The smallest absolute Gasteiger partial charge is 0.266 e. The molecule has 1 N–H and O–H groups in total. The van der Waals surface area contributed by atoms with Gasteiger partial charge in [0.15, 0.2) is 0 Å². The number of amides is 2. The van der Waals surface area contributed by atoms with E-state index in [0.29, 0.717) is 33.2 Å². The Labute approximate surface area is 196 Å². The lowest BCUT2D eigenvalue weighted by Crippen LogP contribution is -2.29. The largest absolute Gasteiger partial charge is 0.301 e. The average molecular weight is 475 g/mol. The lowest BCUT2D eigenvalue weighted by atomic mass is 10.1. The Balaban J connectivity index is 1.37. The summed E-state index contributed by atoms with van der Waals surface area (Å²) in [6, 6.07) is 9.76. The van der Waals surface area contributed by atoms with Crippen LogP contribution in [0.3, 0.4) is 0 Å². The number of nitrogens with one attached hydrogen (secondary N) is 1. The van der Waals surface area contributed by atoms with Gasteiger partial charge in [-0.2, -0.15) is 0 Å². The fraction of sp³-hybridized carbons (Fsp3) is 0.409. The number of anilines is 1. The SMILES string of the molecule is CC(C)Cc1nnc(NC(=O)CCCCCN2C(=O)/C(=C/c3ccccc3)SC2=S)s1. The minimum Gasteiger partial charge on any atom is -0.301 e. The van der Waals surface area contributed by atoms with Crippen LogP contribution < -0.4 is 5.32 Å². The first-order chi connectivity index (χ1) is 14.9. The number of nitrogens with zero attached hydrogens (tertiary/aromatic N) is 3. The Morgan fingerprint density at radius 3 is 2.71 bits per heavy atom. The second-order valence-electron chi connectivity index (χ2n) is 7.70. The van der Waals surface area contributed by atoms with Gasteiger partial charge in [-0.25, -0.2) is 0 Å². The number of carbonyl (C=O) groups is 2. The second kappa shape index (κ2) is 11.5. The molecule has 0 saturated carbocycles. The van der Waals surface area contributed by atoms with Gasteiger partial charge in [-0.05, 0) is 30.4 Å². The third-order valence-corrected chi connectivity index (χ3v) is 6.79. The van der Waals surface area contributed by atoms with Crippen LogP contribution in [0.1, 0.15) is 50.1 Å². The summed E-state index contributed by atoms with van der Waals surface area (Å²) in [6.07, 6.45) is 5.56. The van der Waals surface area contributed by atoms with Crippen molar-refractivity contribution >= 4 is 62.7 Å². The van der Waals surface area contributed by atoms with Crippen LogP contribution in [-0.2, 0) is 16.0 Å². The van der Waals surface area contributed by atoms with Crippen LogP contribution in [0, 0.1) is 5.92 Å². The molecule has 1 aromatic carbocycles. The van der Waals surface area contributed by atoms with Gasteiger partial charge < -0.3 is 5.32 Å². The van der Waals surface area contributed by atoms with Gasteiger partial charge >= 0.3 is 0 Å². The third-order valence-electron chi connectivity index (χ3n) is 4.55. The van der Waals surface area contributed by atoms with Crippen molar-refractivity contribution in [3.63, 3.8) is 0 Å². The van der Waals surface area contributed by atoms with E-state index < -0.39 is 0 Å². The average Bonchev–Trinajstić information content (AvgIpc) is 3.26. The molecule has 2 amide bonds. The van der Waals surface area contributed by atoms with Gasteiger partial charge in [0.2, 0.25) is 11.0 Å². The Hall–Kier alpha value is -2.10. The first kappa shape index (κ1) is 23.6. The lowest BCUT2D eigenvalue weighted by Gasteiger charge is -2.13. The first-order valence-corrected chi connectivity index (χ1v) is 12.4. The molecule has 164 valence electrons. The van der Waals surface area contributed by atoms with Gasteiger partial charge in [0.25, 0.3) is 5.91 Å². The molecule has 1 saturated heterocycles. The van der Waals surface area contributed by atoms with E-state index in [9.17, 15) is 9.59 Å². The molecular weight excluding hydrogens is 448 g/mol. The summed E-state index contributed by atoms with van der Waals surface area (Å²) in [6.45, 7) is 4.83. The number of hydrogen-bond acceptors (Lipinski definition) is 7. The molecule has 0 bridgehead atoms.